The molecule has 1 amide bonds. The molecule has 146 valence electrons. The Labute approximate surface area is 170 Å². The number of carbonyl (C=O) groups is 1. The number of nitrogens with one attached hydrogen (secondary N) is 1. The van der Waals surface area contributed by atoms with Crippen molar-refractivity contribution < 1.29 is 13.6 Å². The van der Waals surface area contributed by atoms with Gasteiger partial charge in [0.15, 0.2) is 0 Å². The van der Waals surface area contributed by atoms with E-state index in [0.717, 1.165) is 29.1 Å². The van der Waals surface area contributed by atoms with E-state index >= 15 is 0 Å². The van der Waals surface area contributed by atoms with Crippen LogP contribution >= 0.6 is 11.6 Å². The van der Waals surface area contributed by atoms with Crippen LogP contribution in [0.25, 0.3) is 22.2 Å². The third-order valence-electron chi connectivity index (χ3n) is 4.65. The number of rotatable bonds is 4. The Bertz CT molecular complexity index is 1210. The molecule has 3 aromatic carbocycles. The lowest BCUT2D eigenvalue weighted by molar-refractivity contribution is -0.119. The first-order valence-electron chi connectivity index (χ1n) is 8.93. The van der Waals surface area contributed by atoms with E-state index in [9.17, 15) is 13.6 Å². The fourth-order valence-electron chi connectivity index (χ4n) is 3.16. The highest BCUT2D eigenvalue weighted by atomic mass is 35.5. The summed E-state index contributed by atoms with van der Waals surface area (Å²) in [4.78, 5) is 12.7. The average molecular weight is 412 g/mol. The fraction of sp³-hybridized carbons (Fsp3) is 0.0909. The molecule has 1 N–H and O–H groups in total. The number of hydrogen-bond acceptors (Lipinski definition) is 2. The van der Waals surface area contributed by atoms with Gasteiger partial charge in [-0.05, 0) is 37.3 Å². The number of nitrogens with zero attached hydrogens (tertiary/aromatic N) is 2. The Morgan fingerprint density at radius 2 is 1.83 bits per heavy atom. The molecule has 0 aliphatic heterocycles. The Balaban J connectivity index is 1.75. The maximum Gasteiger partial charge on any atom is 0.249 e. The Morgan fingerprint density at radius 1 is 1.07 bits per heavy atom. The standard InChI is InChI=1S/C22H16ClF2N3O/c1-13(22(29)26-19-12-16(24)8-9-18(19)25)28-20-10-7-15(23)11-17(20)21(27-28)14-5-3-2-4-6-14/h2-13H,1H3,(H,26,29)/t13-/m1/s1. The number of carbonyl (C=O) groups excluding carboxylic acids is 1. The lowest BCUT2D eigenvalue weighted by atomic mass is 10.1. The SMILES string of the molecule is C[C@H](C(=O)Nc1cc(F)ccc1F)n1nc(-c2ccccc2)c2cc(Cl)ccc21. The van der Waals surface area contributed by atoms with Gasteiger partial charge in [-0.25, -0.2) is 8.78 Å². The molecule has 0 fully saturated rings. The second-order valence-corrected chi connectivity index (χ2v) is 7.05. The minimum atomic E-state index is -0.779. The van der Waals surface area contributed by atoms with Crippen LogP contribution in [0.3, 0.4) is 0 Å². The molecule has 0 saturated heterocycles. The van der Waals surface area contributed by atoms with E-state index in [1.165, 1.54) is 0 Å². The van der Waals surface area contributed by atoms with Crippen molar-refractivity contribution in [2.75, 3.05) is 5.32 Å². The van der Waals surface area contributed by atoms with Crippen molar-refractivity contribution in [3.05, 3.63) is 83.4 Å². The largest absolute Gasteiger partial charge is 0.322 e. The molecule has 7 heteroatoms. The van der Waals surface area contributed by atoms with Gasteiger partial charge in [-0.15, -0.1) is 0 Å². The van der Waals surface area contributed by atoms with Gasteiger partial charge in [0, 0.05) is 22.0 Å². The van der Waals surface area contributed by atoms with Crippen LogP contribution in [0.2, 0.25) is 5.02 Å². The van der Waals surface area contributed by atoms with E-state index in [1.54, 1.807) is 29.8 Å². The zero-order chi connectivity index (χ0) is 20.5. The minimum absolute atomic E-state index is 0.218. The van der Waals surface area contributed by atoms with Crippen LogP contribution in [0.5, 0.6) is 0 Å². The fourth-order valence-corrected chi connectivity index (χ4v) is 3.33. The molecule has 0 unspecified atom stereocenters. The Hall–Kier alpha value is -3.25. The molecular formula is C22H16ClF2N3O. The summed E-state index contributed by atoms with van der Waals surface area (Å²) in [6.07, 6.45) is 0. The highest BCUT2D eigenvalue weighted by Crippen LogP contribution is 2.32. The van der Waals surface area contributed by atoms with Crippen molar-refractivity contribution in [1.29, 1.82) is 0 Å². The quantitative estimate of drug-likeness (QED) is 0.459. The molecule has 1 heterocycles. The van der Waals surface area contributed by atoms with Crippen molar-refractivity contribution in [2.45, 2.75) is 13.0 Å². The van der Waals surface area contributed by atoms with Gasteiger partial charge in [0.05, 0.1) is 11.2 Å². The molecule has 0 spiro atoms. The third-order valence-corrected chi connectivity index (χ3v) is 4.88. The number of hydrogen-bond donors (Lipinski definition) is 1. The lowest BCUT2D eigenvalue weighted by Gasteiger charge is -2.14. The van der Waals surface area contributed by atoms with Crippen molar-refractivity contribution >= 4 is 34.1 Å². The first kappa shape index (κ1) is 19.1. The predicted octanol–water partition coefficient (Wildman–Crippen LogP) is 5.83. The predicted molar refractivity (Wildman–Crippen MR) is 110 cm³/mol. The zero-order valence-corrected chi connectivity index (χ0v) is 16.1. The Kier molecular flexibility index (Phi) is 5.03. The second-order valence-electron chi connectivity index (χ2n) is 6.61. The normalized spacial score (nSPS) is 12.1. The van der Waals surface area contributed by atoms with E-state index in [1.807, 2.05) is 30.3 Å². The molecule has 29 heavy (non-hydrogen) atoms. The molecule has 0 aliphatic carbocycles. The van der Waals surface area contributed by atoms with Crippen LogP contribution < -0.4 is 5.32 Å². The number of anilines is 1. The van der Waals surface area contributed by atoms with Gasteiger partial charge in [0.25, 0.3) is 0 Å². The summed E-state index contributed by atoms with van der Waals surface area (Å²) >= 11 is 6.18. The van der Waals surface area contributed by atoms with Gasteiger partial charge in [0.2, 0.25) is 5.91 Å². The van der Waals surface area contributed by atoms with E-state index < -0.39 is 23.6 Å². The van der Waals surface area contributed by atoms with Gasteiger partial charge in [0.1, 0.15) is 23.4 Å². The van der Waals surface area contributed by atoms with Gasteiger partial charge < -0.3 is 5.32 Å². The van der Waals surface area contributed by atoms with Crippen molar-refractivity contribution in [2.24, 2.45) is 0 Å². The van der Waals surface area contributed by atoms with E-state index in [-0.39, 0.29) is 5.69 Å². The molecule has 4 rings (SSSR count). The maximum absolute atomic E-state index is 13.9. The van der Waals surface area contributed by atoms with Crippen LogP contribution in [0.15, 0.2) is 66.7 Å². The number of halogens is 3. The molecule has 0 aliphatic rings. The molecule has 1 aromatic heterocycles. The minimum Gasteiger partial charge on any atom is -0.322 e. The second kappa shape index (κ2) is 7.64. The van der Waals surface area contributed by atoms with Gasteiger partial charge in [-0.2, -0.15) is 5.10 Å². The lowest BCUT2D eigenvalue weighted by Crippen LogP contribution is -2.25. The zero-order valence-electron chi connectivity index (χ0n) is 15.4. The van der Waals surface area contributed by atoms with Gasteiger partial charge in [-0.1, -0.05) is 41.9 Å². The van der Waals surface area contributed by atoms with Crippen LogP contribution in [-0.4, -0.2) is 15.7 Å². The molecule has 0 radical (unpaired) electrons. The molecule has 4 aromatic rings. The number of amides is 1. The van der Waals surface area contributed by atoms with Crippen LogP contribution in [0.1, 0.15) is 13.0 Å². The van der Waals surface area contributed by atoms with Crippen LogP contribution in [0.4, 0.5) is 14.5 Å². The third kappa shape index (κ3) is 3.71. The smallest absolute Gasteiger partial charge is 0.249 e. The number of fused-ring (bicyclic) bond motifs is 1. The number of aromatic nitrogens is 2. The van der Waals surface area contributed by atoms with Crippen molar-refractivity contribution in [3.63, 3.8) is 0 Å². The summed E-state index contributed by atoms with van der Waals surface area (Å²) in [5.41, 5.74) is 2.04. The maximum atomic E-state index is 13.9. The van der Waals surface area contributed by atoms with Crippen molar-refractivity contribution in [3.8, 4) is 11.3 Å². The average Bonchev–Trinajstić information content (AvgIpc) is 3.09. The number of benzene rings is 3. The molecule has 1 atom stereocenters. The first-order chi connectivity index (χ1) is 13.9. The van der Waals surface area contributed by atoms with Crippen molar-refractivity contribution in [1.82, 2.24) is 9.78 Å². The van der Waals surface area contributed by atoms with E-state index in [0.29, 0.717) is 16.2 Å². The summed E-state index contributed by atoms with van der Waals surface area (Å²) in [6, 6.07) is 16.9. The monoisotopic (exact) mass is 411 g/mol. The van der Waals surface area contributed by atoms with Gasteiger partial charge in [-0.3, -0.25) is 9.48 Å². The summed E-state index contributed by atoms with van der Waals surface area (Å²) < 4.78 is 28.9. The Morgan fingerprint density at radius 3 is 2.59 bits per heavy atom. The van der Waals surface area contributed by atoms with E-state index in [4.69, 9.17) is 11.6 Å². The first-order valence-corrected chi connectivity index (χ1v) is 9.31. The van der Waals surface area contributed by atoms with Crippen LogP contribution in [0, 0.1) is 11.6 Å². The molecule has 4 nitrogen and oxygen atoms in total. The summed E-state index contributed by atoms with van der Waals surface area (Å²) in [7, 11) is 0. The molecule has 0 bridgehead atoms. The highest BCUT2D eigenvalue weighted by Gasteiger charge is 2.22. The molecule has 0 saturated carbocycles. The summed E-state index contributed by atoms with van der Waals surface area (Å²) in [6.45, 7) is 1.64. The summed E-state index contributed by atoms with van der Waals surface area (Å²) in [5, 5.41) is 8.41. The molecular weight excluding hydrogens is 396 g/mol. The van der Waals surface area contributed by atoms with Crippen LogP contribution in [-0.2, 0) is 4.79 Å². The highest BCUT2D eigenvalue weighted by molar-refractivity contribution is 6.31. The topological polar surface area (TPSA) is 46.9 Å². The van der Waals surface area contributed by atoms with E-state index in [2.05, 4.69) is 10.4 Å². The van der Waals surface area contributed by atoms with Gasteiger partial charge >= 0.3 is 0 Å². The summed E-state index contributed by atoms with van der Waals surface area (Å²) in [5.74, 6) is -1.87.